The minimum absolute atomic E-state index is 0.243. The van der Waals surface area contributed by atoms with E-state index in [-0.39, 0.29) is 4.32 Å². The molecule has 1 fully saturated rings. The number of ether oxygens (including phenoxy) is 1. The van der Waals surface area contributed by atoms with Crippen molar-refractivity contribution >= 4 is 78.1 Å². The van der Waals surface area contributed by atoms with Crippen molar-refractivity contribution in [3.05, 3.63) is 31.5 Å². The van der Waals surface area contributed by atoms with E-state index in [0.717, 1.165) is 31.2 Å². The maximum Gasteiger partial charge on any atom is 0.323 e. The molecular formula is C14H11Br2NO4S2. The van der Waals surface area contributed by atoms with Crippen LogP contribution in [0.25, 0.3) is 6.08 Å². The topological polar surface area (TPSA) is 66.8 Å². The summed E-state index contributed by atoms with van der Waals surface area (Å²) in [6, 6.07) is 3.64. The Bertz CT molecular complexity index is 698. The first kappa shape index (κ1) is 18.4. The van der Waals surface area contributed by atoms with Crippen LogP contribution in [0.1, 0.15) is 12.5 Å². The molecule has 23 heavy (non-hydrogen) atoms. The largest absolute Gasteiger partial charge is 0.492 e. The van der Waals surface area contributed by atoms with E-state index in [1.807, 2.05) is 19.1 Å². The minimum Gasteiger partial charge on any atom is -0.492 e. The summed E-state index contributed by atoms with van der Waals surface area (Å²) in [4.78, 5) is 24.5. The number of thioether (sulfide) groups is 1. The third-order valence-corrected chi connectivity index (χ3v) is 5.33. The van der Waals surface area contributed by atoms with Crippen molar-refractivity contribution in [3.63, 3.8) is 0 Å². The fraction of sp³-hybridized carbons (Fsp3) is 0.214. The van der Waals surface area contributed by atoms with Crippen molar-refractivity contribution in [2.75, 3.05) is 13.2 Å². The number of carboxylic acids is 1. The molecule has 0 aromatic heterocycles. The van der Waals surface area contributed by atoms with E-state index in [1.165, 1.54) is 0 Å². The summed E-state index contributed by atoms with van der Waals surface area (Å²) >= 11 is 13.0. The summed E-state index contributed by atoms with van der Waals surface area (Å²) in [5.41, 5.74) is 0.767. The Kier molecular flexibility index (Phi) is 6.24. The van der Waals surface area contributed by atoms with Gasteiger partial charge in [-0.2, -0.15) is 0 Å². The first-order chi connectivity index (χ1) is 10.8. The van der Waals surface area contributed by atoms with Gasteiger partial charge in [-0.3, -0.25) is 14.5 Å². The lowest BCUT2D eigenvalue weighted by Crippen LogP contribution is -2.33. The molecule has 1 aliphatic rings. The SMILES string of the molecule is CCOc1c(Br)cc(/C=C2/SC(=S)N(CC(=O)O)C2=O)cc1Br. The second kappa shape index (κ2) is 7.78. The first-order valence-electron chi connectivity index (χ1n) is 6.42. The lowest BCUT2D eigenvalue weighted by atomic mass is 10.2. The second-order valence-electron chi connectivity index (χ2n) is 4.41. The van der Waals surface area contributed by atoms with Crippen molar-refractivity contribution < 1.29 is 19.4 Å². The van der Waals surface area contributed by atoms with Crippen LogP contribution in [0.5, 0.6) is 5.75 Å². The predicted molar refractivity (Wildman–Crippen MR) is 101 cm³/mol. The molecule has 0 unspecified atom stereocenters. The van der Waals surface area contributed by atoms with Gasteiger partial charge in [-0.05, 0) is 62.6 Å². The molecular weight excluding hydrogens is 470 g/mol. The lowest BCUT2D eigenvalue weighted by molar-refractivity contribution is -0.140. The average Bonchev–Trinajstić information content (AvgIpc) is 2.70. The molecule has 1 aromatic rings. The monoisotopic (exact) mass is 479 g/mol. The fourth-order valence-corrected chi connectivity index (χ4v) is 4.57. The Morgan fingerprint density at radius 3 is 2.57 bits per heavy atom. The van der Waals surface area contributed by atoms with E-state index in [9.17, 15) is 9.59 Å². The molecule has 1 aromatic carbocycles. The standard InChI is InChI=1S/C14H11Br2NO4S2/c1-2-21-12-8(15)3-7(4-9(12)16)5-10-13(20)17(6-11(18)19)14(22)23-10/h3-5H,2,6H2,1H3,(H,18,19)/b10-5+. The van der Waals surface area contributed by atoms with Crippen LogP contribution in [-0.2, 0) is 9.59 Å². The molecule has 122 valence electrons. The highest BCUT2D eigenvalue weighted by Gasteiger charge is 2.33. The molecule has 0 atom stereocenters. The number of nitrogens with zero attached hydrogens (tertiary/aromatic N) is 1. The molecule has 1 amide bonds. The number of amides is 1. The number of carboxylic acid groups (broad SMARTS) is 1. The van der Waals surface area contributed by atoms with Crippen molar-refractivity contribution in [1.29, 1.82) is 0 Å². The van der Waals surface area contributed by atoms with Crippen molar-refractivity contribution in [2.45, 2.75) is 6.92 Å². The minimum atomic E-state index is -1.10. The Balaban J connectivity index is 2.31. The zero-order chi connectivity index (χ0) is 17.1. The summed E-state index contributed by atoms with van der Waals surface area (Å²) in [5.74, 6) is -0.819. The lowest BCUT2D eigenvalue weighted by Gasteiger charge is -2.10. The number of hydrogen-bond donors (Lipinski definition) is 1. The number of aliphatic carboxylic acids is 1. The van der Waals surface area contributed by atoms with Crippen LogP contribution < -0.4 is 4.74 Å². The van der Waals surface area contributed by atoms with Crippen LogP contribution in [-0.4, -0.2) is 39.4 Å². The second-order valence-corrected chi connectivity index (χ2v) is 7.79. The smallest absolute Gasteiger partial charge is 0.323 e. The molecule has 2 rings (SSSR count). The van der Waals surface area contributed by atoms with Gasteiger partial charge in [0.1, 0.15) is 16.6 Å². The Hall–Kier alpha value is -0.900. The molecule has 0 radical (unpaired) electrons. The molecule has 0 saturated carbocycles. The highest BCUT2D eigenvalue weighted by atomic mass is 79.9. The summed E-state index contributed by atoms with van der Waals surface area (Å²) < 4.78 is 7.26. The molecule has 1 heterocycles. The molecule has 9 heteroatoms. The number of halogens is 2. The van der Waals surface area contributed by atoms with E-state index in [0.29, 0.717) is 17.3 Å². The summed E-state index contributed by atoms with van der Waals surface area (Å²) in [5, 5.41) is 8.83. The molecule has 0 bridgehead atoms. The maximum atomic E-state index is 12.2. The molecule has 0 spiro atoms. The number of carbonyl (C=O) groups is 2. The number of carbonyl (C=O) groups excluding carboxylic acids is 1. The Morgan fingerprint density at radius 2 is 2.04 bits per heavy atom. The molecule has 1 saturated heterocycles. The summed E-state index contributed by atoms with van der Waals surface area (Å²) in [6.07, 6.45) is 1.67. The van der Waals surface area contributed by atoms with Crippen molar-refractivity contribution in [2.24, 2.45) is 0 Å². The third-order valence-electron chi connectivity index (χ3n) is 2.77. The Morgan fingerprint density at radius 1 is 1.43 bits per heavy atom. The van der Waals surface area contributed by atoms with Gasteiger partial charge in [0.15, 0.2) is 0 Å². The summed E-state index contributed by atoms with van der Waals surface area (Å²) in [7, 11) is 0. The van der Waals surface area contributed by atoms with Gasteiger partial charge in [0.25, 0.3) is 5.91 Å². The van der Waals surface area contributed by atoms with Crippen molar-refractivity contribution in [1.82, 2.24) is 4.90 Å². The van der Waals surface area contributed by atoms with Crippen molar-refractivity contribution in [3.8, 4) is 5.75 Å². The van der Waals surface area contributed by atoms with E-state index in [4.69, 9.17) is 22.1 Å². The van der Waals surface area contributed by atoms with Crippen LogP contribution in [0, 0.1) is 0 Å². The third kappa shape index (κ3) is 4.34. The van der Waals surface area contributed by atoms with Crippen LogP contribution in [0.2, 0.25) is 0 Å². The van der Waals surface area contributed by atoms with Crippen LogP contribution in [0.3, 0.4) is 0 Å². The first-order valence-corrected chi connectivity index (χ1v) is 9.23. The van der Waals surface area contributed by atoms with Gasteiger partial charge in [-0.25, -0.2) is 0 Å². The zero-order valence-electron chi connectivity index (χ0n) is 11.8. The normalized spacial score (nSPS) is 16.3. The predicted octanol–water partition coefficient (Wildman–Crippen LogP) is 3.90. The average molecular weight is 481 g/mol. The highest BCUT2D eigenvalue weighted by Crippen LogP contribution is 2.37. The number of benzene rings is 1. The quantitative estimate of drug-likeness (QED) is 0.509. The molecule has 0 aliphatic carbocycles. The maximum absolute atomic E-state index is 12.2. The van der Waals surface area contributed by atoms with Gasteiger partial charge in [0.2, 0.25) is 0 Å². The van der Waals surface area contributed by atoms with Gasteiger partial charge < -0.3 is 9.84 Å². The van der Waals surface area contributed by atoms with E-state index < -0.39 is 18.4 Å². The van der Waals surface area contributed by atoms with Gasteiger partial charge in [0, 0.05) is 0 Å². The number of rotatable bonds is 5. The molecule has 5 nitrogen and oxygen atoms in total. The fourth-order valence-electron chi connectivity index (χ4n) is 1.87. The molecule has 1 N–H and O–H groups in total. The van der Waals surface area contributed by atoms with Crippen LogP contribution in [0.15, 0.2) is 26.0 Å². The van der Waals surface area contributed by atoms with E-state index in [1.54, 1.807) is 6.08 Å². The van der Waals surface area contributed by atoms with E-state index in [2.05, 4.69) is 31.9 Å². The zero-order valence-corrected chi connectivity index (χ0v) is 16.6. The van der Waals surface area contributed by atoms with Crippen LogP contribution >= 0.6 is 55.8 Å². The van der Waals surface area contributed by atoms with E-state index >= 15 is 0 Å². The molecule has 1 aliphatic heterocycles. The van der Waals surface area contributed by atoms with Crippen LogP contribution in [0.4, 0.5) is 0 Å². The van der Waals surface area contributed by atoms with Gasteiger partial charge in [0.05, 0.1) is 20.5 Å². The highest BCUT2D eigenvalue weighted by molar-refractivity contribution is 9.11. The van der Waals surface area contributed by atoms with Gasteiger partial charge >= 0.3 is 5.97 Å². The Labute approximate surface area is 159 Å². The number of thiocarbonyl (C=S) groups is 1. The summed E-state index contributed by atoms with van der Waals surface area (Å²) in [6.45, 7) is 1.99. The van der Waals surface area contributed by atoms with Gasteiger partial charge in [-0.1, -0.05) is 24.0 Å². The van der Waals surface area contributed by atoms with Gasteiger partial charge in [-0.15, -0.1) is 0 Å². The number of hydrogen-bond acceptors (Lipinski definition) is 5.